The highest BCUT2D eigenvalue weighted by Crippen LogP contribution is 2.21. The van der Waals surface area contributed by atoms with E-state index in [0.29, 0.717) is 24.6 Å². The minimum Gasteiger partial charge on any atom is -0.337 e. The van der Waals surface area contributed by atoms with E-state index < -0.39 is 11.9 Å². The summed E-state index contributed by atoms with van der Waals surface area (Å²) < 4.78 is 1.79. The van der Waals surface area contributed by atoms with E-state index in [1.807, 2.05) is 37.3 Å². The number of aryl methyl sites for hydroxylation is 1. The molecule has 1 aliphatic rings. The molecular formula is C20H23N7O2. The van der Waals surface area contributed by atoms with Crippen molar-refractivity contribution >= 4 is 17.6 Å². The Kier molecular flexibility index (Phi) is 5.11. The highest BCUT2D eigenvalue weighted by Gasteiger charge is 2.29. The van der Waals surface area contributed by atoms with E-state index in [1.165, 1.54) is 4.90 Å². The molecule has 2 N–H and O–H groups in total. The molecule has 2 aromatic heterocycles. The van der Waals surface area contributed by atoms with E-state index >= 15 is 0 Å². The van der Waals surface area contributed by atoms with Crippen molar-refractivity contribution in [2.24, 2.45) is 0 Å². The summed E-state index contributed by atoms with van der Waals surface area (Å²) in [6.45, 7) is 2.68. The standard InChI is InChI=1S/C20H23N7O2/c1-13(14-7-4-3-5-8-14)17-23-18(25-24-17)19(28)22-15-9-6-12-27-16(10-11-21-27)26(2)20(15)29/h3-5,7-8,10-11,13,15H,6,9,12H2,1-2H3,(H,22,28)(H,23,24,25)/t13?,15-/m0/s1. The van der Waals surface area contributed by atoms with Crippen LogP contribution in [0.4, 0.5) is 5.82 Å². The molecule has 0 bridgehead atoms. The van der Waals surface area contributed by atoms with Crippen molar-refractivity contribution in [2.75, 3.05) is 11.9 Å². The average Bonchev–Trinajstić information content (AvgIpc) is 3.41. The number of benzene rings is 1. The Bertz CT molecular complexity index is 1010. The van der Waals surface area contributed by atoms with E-state index in [2.05, 4.69) is 25.6 Å². The number of fused-ring (bicyclic) bond motifs is 1. The Labute approximate surface area is 168 Å². The normalized spacial score (nSPS) is 17.9. The Morgan fingerprint density at radius 1 is 1.28 bits per heavy atom. The predicted octanol–water partition coefficient (Wildman–Crippen LogP) is 1.71. The van der Waals surface area contributed by atoms with Crippen LogP contribution in [0.2, 0.25) is 0 Å². The third kappa shape index (κ3) is 3.75. The third-order valence-electron chi connectivity index (χ3n) is 5.25. The molecular weight excluding hydrogens is 370 g/mol. The lowest BCUT2D eigenvalue weighted by Gasteiger charge is -2.27. The molecule has 0 saturated heterocycles. The van der Waals surface area contributed by atoms with Crippen molar-refractivity contribution in [3.05, 3.63) is 59.8 Å². The van der Waals surface area contributed by atoms with Gasteiger partial charge < -0.3 is 5.32 Å². The molecule has 2 amide bonds. The number of anilines is 1. The molecule has 1 aromatic carbocycles. The van der Waals surface area contributed by atoms with Crippen molar-refractivity contribution in [3.8, 4) is 0 Å². The van der Waals surface area contributed by atoms with Gasteiger partial charge in [-0.1, -0.05) is 37.3 Å². The van der Waals surface area contributed by atoms with Crippen LogP contribution in [0, 0.1) is 0 Å². The molecule has 1 aliphatic heterocycles. The summed E-state index contributed by atoms with van der Waals surface area (Å²) in [7, 11) is 1.69. The van der Waals surface area contributed by atoms with Gasteiger partial charge in [-0.2, -0.15) is 5.10 Å². The van der Waals surface area contributed by atoms with Crippen molar-refractivity contribution in [2.45, 2.75) is 38.3 Å². The Balaban J connectivity index is 1.47. The molecule has 1 unspecified atom stereocenters. The number of likely N-dealkylation sites (N-methyl/N-ethyl adjacent to an activating group) is 1. The number of nitrogens with one attached hydrogen (secondary N) is 2. The van der Waals surface area contributed by atoms with Gasteiger partial charge in [-0.15, -0.1) is 5.10 Å². The fraction of sp³-hybridized carbons (Fsp3) is 0.350. The smallest absolute Gasteiger partial charge is 0.291 e. The zero-order valence-corrected chi connectivity index (χ0v) is 16.4. The second-order valence-corrected chi connectivity index (χ2v) is 7.15. The van der Waals surface area contributed by atoms with Gasteiger partial charge in [-0.05, 0) is 18.4 Å². The first-order valence-corrected chi connectivity index (χ1v) is 9.62. The summed E-state index contributed by atoms with van der Waals surface area (Å²) >= 11 is 0. The minimum atomic E-state index is -0.635. The average molecular weight is 393 g/mol. The summed E-state index contributed by atoms with van der Waals surface area (Å²) in [4.78, 5) is 31.4. The zero-order valence-electron chi connectivity index (χ0n) is 16.4. The summed E-state index contributed by atoms with van der Waals surface area (Å²) in [5.74, 6) is 0.670. The summed E-state index contributed by atoms with van der Waals surface area (Å²) in [6.07, 6.45) is 2.91. The molecule has 0 saturated carbocycles. The maximum absolute atomic E-state index is 12.8. The summed E-state index contributed by atoms with van der Waals surface area (Å²) in [5.41, 5.74) is 1.07. The lowest BCUT2D eigenvalue weighted by atomic mass is 10.0. The quantitative estimate of drug-likeness (QED) is 0.701. The third-order valence-corrected chi connectivity index (χ3v) is 5.25. The van der Waals surface area contributed by atoms with Crippen LogP contribution >= 0.6 is 0 Å². The number of carbonyl (C=O) groups excluding carboxylic acids is 2. The highest BCUT2D eigenvalue weighted by atomic mass is 16.2. The molecule has 3 heterocycles. The number of hydrogen-bond acceptors (Lipinski definition) is 5. The maximum Gasteiger partial charge on any atom is 0.291 e. The predicted molar refractivity (Wildman–Crippen MR) is 106 cm³/mol. The SMILES string of the molecule is CC(c1ccccc1)c1nc(C(=O)N[C@H]2CCCn3nccc3N(C)C2=O)n[nH]1. The van der Waals surface area contributed by atoms with Crippen LogP contribution < -0.4 is 10.2 Å². The Hall–Kier alpha value is -3.49. The molecule has 9 heteroatoms. The molecule has 0 spiro atoms. The second kappa shape index (κ2) is 7.86. The highest BCUT2D eigenvalue weighted by molar-refractivity contribution is 6.00. The second-order valence-electron chi connectivity index (χ2n) is 7.15. The monoisotopic (exact) mass is 393 g/mol. The number of H-pyrrole nitrogens is 1. The number of amides is 2. The van der Waals surface area contributed by atoms with E-state index in [1.54, 1.807) is 24.0 Å². The van der Waals surface area contributed by atoms with Gasteiger partial charge in [0.05, 0.1) is 6.20 Å². The van der Waals surface area contributed by atoms with Gasteiger partial charge in [0.15, 0.2) is 0 Å². The van der Waals surface area contributed by atoms with Crippen molar-refractivity contribution in [1.82, 2.24) is 30.3 Å². The molecule has 9 nitrogen and oxygen atoms in total. The van der Waals surface area contributed by atoms with Crippen LogP contribution in [0.1, 0.15) is 47.7 Å². The lowest BCUT2D eigenvalue weighted by Crippen LogP contribution is -2.49. The van der Waals surface area contributed by atoms with Crippen LogP contribution in [0.3, 0.4) is 0 Å². The van der Waals surface area contributed by atoms with Gasteiger partial charge in [0.2, 0.25) is 11.7 Å². The van der Waals surface area contributed by atoms with Crippen molar-refractivity contribution in [1.29, 1.82) is 0 Å². The molecule has 2 atom stereocenters. The summed E-state index contributed by atoms with van der Waals surface area (Å²) in [5, 5.41) is 13.9. The van der Waals surface area contributed by atoms with E-state index in [0.717, 1.165) is 12.0 Å². The number of rotatable bonds is 4. The van der Waals surface area contributed by atoms with Crippen molar-refractivity contribution < 1.29 is 9.59 Å². The van der Waals surface area contributed by atoms with E-state index in [-0.39, 0.29) is 17.6 Å². The first kappa shape index (κ1) is 18.9. The van der Waals surface area contributed by atoms with Crippen LogP contribution in [0.15, 0.2) is 42.6 Å². The van der Waals surface area contributed by atoms with Gasteiger partial charge >= 0.3 is 0 Å². The first-order valence-electron chi connectivity index (χ1n) is 9.62. The van der Waals surface area contributed by atoms with Gasteiger partial charge in [0, 0.05) is 25.6 Å². The largest absolute Gasteiger partial charge is 0.337 e. The van der Waals surface area contributed by atoms with Crippen LogP contribution in [0.5, 0.6) is 0 Å². The van der Waals surface area contributed by atoms with E-state index in [9.17, 15) is 9.59 Å². The van der Waals surface area contributed by atoms with Gasteiger partial charge in [-0.3, -0.25) is 19.6 Å². The molecule has 0 aliphatic carbocycles. The van der Waals surface area contributed by atoms with Crippen molar-refractivity contribution in [3.63, 3.8) is 0 Å². The zero-order chi connectivity index (χ0) is 20.4. The number of carbonyl (C=O) groups is 2. The topological polar surface area (TPSA) is 109 Å². The minimum absolute atomic E-state index is 0.0281. The number of nitrogens with zero attached hydrogens (tertiary/aromatic N) is 5. The Morgan fingerprint density at radius 2 is 2.07 bits per heavy atom. The number of hydrogen-bond donors (Lipinski definition) is 2. The van der Waals surface area contributed by atoms with Gasteiger partial charge in [0.1, 0.15) is 17.7 Å². The molecule has 4 rings (SSSR count). The van der Waals surface area contributed by atoms with Crippen LogP contribution in [-0.2, 0) is 11.3 Å². The molecule has 0 radical (unpaired) electrons. The van der Waals surface area contributed by atoms with Gasteiger partial charge in [0.25, 0.3) is 5.91 Å². The van der Waals surface area contributed by atoms with Crippen LogP contribution in [0.25, 0.3) is 0 Å². The molecule has 29 heavy (non-hydrogen) atoms. The number of aromatic amines is 1. The van der Waals surface area contributed by atoms with Crippen LogP contribution in [-0.4, -0.2) is 49.9 Å². The molecule has 3 aromatic rings. The molecule has 0 fully saturated rings. The van der Waals surface area contributed by atoms with E-state index in [4.69, 9.17) is 0 Å². The molecule has 150 valence electrons. The van der Waals surface area contributed by atoms with Gasteiger partial charge in [-0.25, -0.2) is 9.67 Å². The fourth-order valence-corrected chi connectivity index (χ4v) is 3.52. The lowest BCUT2D eigenvalue weighted by molar-refractivity contribution is -0.120. The summed E-state index contributed by atoms with van der Waals surface area (Å²) in [6, 6.07) is 11.0. The fourth-order valence-electron chi connectivity index (χ4n) is 3.52. The maximum atomic E-state index is 12.8. The Morgan fingerprint density at radius 3 is 2.86 bits per heavy atom. The number of aromatic nitrogens is 5. The first-order chi connectivity index (χ1) is 14.0.